The molecule has 1 aliphatic heterocycles. The van der Waals surface area contributed by atoms with E-state index in [4.69, 9.17) is 9.84 Å². The maximum absolute atomic E-state index is 13.4. The molecule has 4 N–H and O–H groups in total. The lowest BCUT2D eigenvalue weighted by Gasteiger charge is -2.29. The molecule has 12 nitrogen and oxygen atoms in total. The molecule has 1 saturated carbocycles. The van der Waals surface area contributed by atoms with E-state index in [1.807, 2.05) is 18.2 Å². The van der Waals surface area contributed by atoms with Gasteiger partial charge in [0.1, 0.15) is 15.5 Å². The number of benzene rings is 1. The van der Waals surface area contributed by atoms with Gasteiger partial charge in [-0.15, -0.1) is 11.3 Å². The van der Waals surface area contributed by atoms with E-state index < -0.39 is 18.0 Å². The predicted molar refractivity (Wildman–Crippen MR) is 144 cm³/mol. The number of hydrogen-bond acceptors (Lipinski definition) is 8. The van der Waals surface area contributed by atoms with Crippen LogP contribution in [0.4, 0.5) is 26.7 Å². The highest BCUT2D eigenvalue weighted by Crippen LogP contribution is 2.46. The third-order valence-electron chi connectivity index (χ3n) is 6.72. The smallest absolute Gasteiger partial charge is 0.404 e. The van der Waals surface area contributed by atoms with Crippen LogP contribution in [-0.2, 0) is 0 Å². The Morgan fingerprint density at radius 1 is 1.10 bits per heavy atom. The number of aryl methyl sites for hydroxylation is 1. The lowest BCUT2D eigenvalue weighted by atomic mass is 10.1. The Kier molecular flexibility index (Phi) is 6.19. The van der Waals surface area contributed by atoms with Crippen LogP contribution in [0.15, 0.2) is 48.8 Å². The second-order valence-electron chi connectivity index (χ2n) is 9.19. The zero-order valence-corrected chi connectivity index (χ0v) is 21.5. The molecule has 2 atom stereocenters. The van der Waals surface area contributed by atoms with Crippen molar-refractivity contribution in [2.24, 2.45) is 0 Å². The number of anilines is 3. The van der Waals surface area contributed by atoms with Crippen molar-refractivity contribution >= 4 is 56.6 Å². The number of hydrogen-bond donors (Lipinski definition) is 4. The average Bonchev–Trinajstić information content (AvgIpc) is 3.50. The van der Waals surface area contributed by atoms with E-state index in [1.54, 1.807) is 31.3 Å². The molecule has 1 fully saturated rings. The Labute approximate surface area is 226 Å². The second kappa shape index (κ2) is 9.83. The van der Waals surface area contributed by atoms with Crippen LogP contribution in [0.1, 0.15) is 34.6 Å². The molecule has 198 valence electrons. The summed E-state index contributed by atoms with van der Waals surface area (Å²) < 4.78 is 5.72. The van der Waals surface area contributed by atoms with E-state index >= 15 is 0 Å². The van der Waals surface area contributed by atoms with E-state index in [9.17, 15) is 14.4 Å². The zero-order valence-electron chi connectivity index (χ0n) is 20.7. The zero-order chi connectivity index (χ0) is 27.1. The molecule has 6 rings (SSSR count). The van der Waals surface area contributed by atoms with Gasteiger partial charge in [-0.1, -0.05) is 18.2 Å². The standard InChI is InChI=1S/C26H23N7O5S/c1-13-18(12-28-24(29-13)38-14-6-3-2-4-7-14)33-17-10-11-27-23-19(17)20(32-25(33)35)21(39-23)22(34)30-15-8-5-9-16(15)31-26(36)37/h2-4,6-7,10-12,15-16,31H,5,8-9H2,1H3,(H,30,34)(H,32,35)(H,36,37)/t15-,16+/m0/s1. The first-order valence-corrected chi connectivity index (χ1v) is 13.1. The number of para-hydroxylation sites is 1. The number of carbonyl (C=O) groups excluding carboxylic acids is 2. The van der Waals surface area contributed by atoms with Gasteiger partial charge < -0.3 is 25.8 Å². The van der Waals surface area contributed by atoms with Crippen molar-refractivity contribution in [2.75, 3.05) is 10.2 Å². The molecule has 0 spiro atoms. The number of nitrogens with zero attached hydrogens (tertiary/aromatic N) is 4. The molecule has 39 heavy (non-hydrogen) atoms. The van der Waals surface area contributed by atoms with E-state index in [0.717, 1.165) is 17.8 Å². The fourth-order valence-corrected chi connectivity index (χ4v) is 6.01. The van der Waals surface area contributed by atoms with Crippen LogP contribution in [-0.4, -0.2) is 50.2 Å². The monoisotopic (exact) mass is 545 g/mol. The maximum Gasteiger partial charge on any atom is 0.404 e. The van der Waals surface area contributed by atoms with Gasteiger partial charge in [0.2, 0.25) is 0 Å². The van der Waals surface area contributed by atoms with Crippen molar-refractivity contribution < 1.29 is 24.2 Å². The van der Waals surface area contributed by atoms with Gasteiger partial charge in [0.15, 0.2) is 0 Å². The summed E-state index contributed by atoms with van der Waals surface area (Å²) in [6.07, 6.45) is 4.07. The van der Waals surface area contributed by atoms with Gasteiger partial charge in [-0.05, 0) is 44.4 Å². The fraction of sp³-hybridized carbons (Fsp3) is 0.231. The summed E-state index contributed by atoms with van der Waals surface area (Å²) in [5.41, 5.74) is 1.90. The molecular weight excluding hydrogens is 522 g/mol. The van der Waals surface area contributed by atoms with Gasteiger partial charge in [0, 0.05) is 12.2 Å². The minimum absolute atomic E-state index is 0.150. The summed E-state index contributed by atoms with van der Waals surface area (Å²) in [6.45, 7) is 1.76. The van der Waals surface area contributed by atoms with Gasteiger partial charge in [-0.3, -0.25) is 9.69 Å². The molecule has 2 aliphatic rings. The summed E-state index contributed by atoms with van der Waals surface area (Å²) in [6, 6.07) is 9.82. The van der Waals surface area contributed by atoms with Crippen LogP contribution in [0, 0.1) is 6.92 Å². The maximum atomic E-state index is 13.4. The Bertz CT molecular complexity index is 1610. The van der Waals surface area contributed by atoms with Crippen molar-refractivity contribution in [1.82, 2.24) is 25.6 Å². The van der Waals surface area contributed by atoms with Crippen molar-refractivity contribution in [2.45, 2.75) is 38.3 Å². The number of rotatable bonds is 6. The minimum Gasteiger partial charge on any atom is -0.465 e. The van der Waals surface area contributed by atoms with Crippen LogP contribution in [0.3, 0.4) is 0 Å². The molecule has 0 bridgehead atoms. The minimum atomic E-state index is -1.13. The van der Waals surface area contributed by atoms with E-state index in [-0.39, 0.29) is 18.1 Å². The lowest BCUT2D eigenvalue weighted by Crippen LogP contribution is -2.48. The summed E-state index contributed by atoms with van der Waals surface area (Å²) in [5, 5.41) is 18.0. The molecule has 13 heteroatoms. The van der Waals surface area contributed by atoms with Gasteiger partial charge in [0.05, 0.1) is 40.4 Å². The van der Waals surface area contributed by atoms with Crippen LogP contribution in [0.25, 0.3) is 10.2 Å². The summed E-state index contributed by atoms with van der Waals surface area (Å²) in [4.78, 5) is 53.4. The first-order chi connectivity index (χ1) is 18.9. The van der Waals surface area contributed by atoms with Crippen molar-refractivity contribution in [1.29, 1.82) is 0 Å². The number of nitrogens with one attached hydrogen (secondary N) is 3. The van der Waals surface area contributed by atoms with E-state index in [2.05, 4.69) is 30.9 Å². The summed E-state index contributed by atoms with van der Waals surface area (Å²) in [7, 11) is 0. The quantitative estimate of drug-likeness (QED) is 0.269. The van der Waals surface area contributed by atoms with Crippen molar-refractivity contribution in [3.8, 4) is 11.8 Å². The molecule has 3 aromatic heterocycles. The number of urea groups is 1. The first-order valence-electron chi connectivity index (χ1n) is 12.3. The van der Waals surface area contributed by atoms with Crippen LogP contribution < -0.4 is 25.6 Å². The number of aromatic nitrogens is 3. The van der Waals surface area contributed by atoms with Gasteiger partial charge in [0.25, 0.3) is 5.91 Å². The average molecular weight is 546 g/mol. The Balaban J connectivity index is 1.31. The van der Waals surface area contributed by atoms with Crippen LogP contribution in [0.2, 0.25) is 0 Å². The highest BCUT2D eigenvalue weighted by molar-refractivity contribution is 7.21. The molecule has 0 unspecified atom stereocenters. The molecule has 4 amide bonds. The number of thiophene rings is 1. The highest BCUT2D eigenvalue weighted by atomic mass is 32.1. The lowest BCUT2D eigenvalue weighted by molar-refractivity contribution is 0.0935. The molecule has 1 aliphatic carbocycles. The molecule has 1 aromatic carbocycles. The fourth-order valence-electron chi connectivity index (χ4n) is 4.98. The Morgan fingerprint density at radius 2 is 1.87 bits per heavy atom. The highest BCUT2D eigenvalue weighted by Gasteiger charge is 2.36. The normalized spacial score (nSPS) is 18.1. The molecular formula is C26H23N7O5S. The predicted octanol–water partition coefficient (Wildman–Crippen LogP) is 4.79. The third-order valence-corrected chi connectivity index (χ3v) is 7.81. The van der Waals surface area contributed by atoms with Gasteiger partial charge in [-0.2, -0.15) is 4.98 Å². The number of pyridine rings is 1. The van der Waals surface area contributed by atoms with Crippen molar-refractivity contribution in [3.05, 3.63) is 59.4 Å². The summed E-state index contributed by atoms with van der Waals surface area (Å²) in [5.74, 6) is 0.200. The topological polar surface area (TPSA) is 159 Å². The van der Waals surface area contributed by atoms with Gasteiger partial charge in [-0.25, -0.2) is 19.6 Å². The Hall–Kier alpha value is -4.78. The summed E-state index contributed by atoms with van der Waals surface area (Å²) >= 11 is 1.16. The number of carboxylic acid groups (broad SMARTS) is 1. The molecule has 4 heterocycles. The molecule has 4 aromatic rings. The third kappa shape index (κ3) is 4.56. The van der Waals surface area contributed by atoms with E-state index in [0.29, 0.717) is 56.4 Å². The van der Waals surface area contributed by atoms with Crippen molar-refractivity contribution in [3.63, 3.8) is 0 Å². The second-order valence-corrected chi connectivity index (χ2v) is 10.2. The SMILES string of the molecule is Cc1nc(Oc2ccccc2)ncc1N1C(=O)Nc2c(C(=O)N[C@H]3CCC[C@H]3NC(=O)O)sc3nccc1c23. The number of carbonyl (C=O) groups is 3. The van der Waals surface area contributed by atoms with Gasteiger partial charge >= 0.3 is 18.1 Å². The molecule has 0 radical (unpaired) electrons. The number of amides is 4. The van der Waals surface area contributed by atoms with Crippen LogP contribution in [0.5, 0.6) is 11.8 Å². The first kappa shape index (κ1) is 24.6. The Morgan fingerprint density at radius 3 is 2.62 bits per heavy atom. The molecule has 0 saturated heterocycles. The van der Waals surface area contributed by atoms with Crippen LogP contribution >= 0.6 is 11.3 Å². The largest absolute Gasteiger partial charge is 0.465 e. The number of ether oxygens (including phenoxy) is 1. The van der Waals surface area contributed by atoms with E-state index in [1.165, 1.54) is 11.1 Å².